The predicted octanol–water partition coefficient (Wildman–Crippen LogP) is 2.20. The van der Waals surface area contributed by atoms with E-state index in [1.54, 1.807) is 12.1 Å². The minimum atomic E-state index is -0.953. The molecule has 0 aliphatic carbocycles. The standard InChI is InChI=1S/C43H55N11O5/c1-28(2)59-31-4-6-35-34(24-31)40(48-47-35)36-25-38(45-27-44-36)53-21-15-50(16-22-53)14-13-49-11-9-29(10-12-49)26-51-17-19-52(20-18-51)30-3-5-32-33(23-30)43(58)54(42(32)57)37-7-8-39(55)46-41(37)56/h3-6,23-25,28-29,37,44H,7-22,26-27H2,1-2H3,(H,47,48)(H,46,55,56). The normalized spacial score (nSPS) is 22.8. The van der Waals surface area contributed by atoms with E-state index in [4.69, 9.17) is 9.73 Å². The first-order valence-electron chi connectivity index (χ1n) is 21.3. The molecule has 0 spiro atoms. The Morgan fingerprint density at radius 2 is 1.49 bits per heavy atom. The summed E-state index contributed by atoms with van der Waals surface area (Å²) in [4.78, 5) is 68.9. The topological polar surface area (TPSA) is 162 Å². The van der Waals surface area contributed by atoms with E-state index in [1.165, 1.54) is 12.8 Å². The van der Waals surface area contributed by atoms with Gasteiger partial charge in [-0.2, -0.15) is 5.10 Å². The van der Waals surface area contributed by atoms with E-state index < -0.39 is 23.8 Å². The van der Waals surface area contributed by atoms with Crippen molar-refractivity contribution < 1.29 is 23.9 Å². The zero-order valence-corrected chi connectivity index (χ0v) is 34.1. The van der Waals surface area contributed by atoms with Crippen molar-refractivity contribution in [1.29, 1.82) is 0 Å². The van der Waals surface area contributed by atoms with Crippen LogP contribution >= 0.6 is 0 Å². The molecule has 312 valence electrons. The number of benzene rings is 2. The summed E-state index contributed by atoms with van der Waals surface area (Å²) >= 11 is 0. The maximum absolute atomic E-state index is 13.3. The highest BCUT2D eigenvalue weighted by atomic mass is 16.5. The fourth-order valence-electron chi connectivity index (χ4n) is 9.40. The minimum Gasteiger partial charge on any atom is -0.491 e. The Hall–Kier alpha value is -5.32. The summed E-state index contributed by atoms with van der Waals surface area (Å²) in [7, 11) is 0. The van der Waals surface area contributed by atoms with Crippen LogP contribution in [-0.2, 0) is 9.59 Å². The van der Waals surface area contributed by atoms with Crippen molar-refractivity contribution in [2.24, 2.45) is 10.9 Å². The van der Waals surface area contributed by atoms with Crippen LogP contribution in [0, 0.1) is 5.92 Å². The van der Waals surface area contributed by atoms with E-state index in [9.17, 15) is 19.2 Å². The van der Waals surface area contributed by atoms with Crippen molar-refractivity contribution in [2.45, 2.75) is 51.7 Å². The van der Waals surface area contributed by atoms with E-state index in [-0.39, 0.29) is 24.9 Å². The Bertz CT molecular complexity index is 2160. The van der Waals surface area contributed by atoms with E-state index in [0.29, 0.717) is 23.7 Å². The third-order valence-corrected chi connectivity index (χ3v) is 12.8. The lowest BCUT2D eigenvalue weighted by atomic mass is 9.96. The lowest BCUT2D eigenvalue weighted by Gasteiger charge is -2.40. The van der Waals surface area contributed by atoms with Crippen molar-refractivity contribution in [3.8, 4) is 5.75 Å². The Morgan fingerprint density at radius 3 is 2.24 bits per heavy atom. The van der Waals surface area contributed by atoms with Crippen molar-refractivity contribution >= 4 is 51.8 Å². The maximum Gasteiger partial charge on any atom is 0.262 e. The Morgan fingerprint density at radius 1 is 0.780 bits per heavy atom. The van der Waals surface area contributed by atoms with Crippen LogP contribution in [0.2, 0.25) is 0 Å². The predicted molar refractivity (Wildman–Crippen MR) is 224 cm³/mol. The average Bonchev–Trinajstić information content (AvgIpc) is 3.78. The number of aromatic amines is 1. The largest absolute Gasteiger partial charge is 0.491 e. The first-order valence-corrected chi connectivity index (χ1v) is 21.3. The van der Waals surface area contributed by atoms with Gasteiger partial charge in [-0.3, -0.25) is 44.3 Å². The molecule has 6 aliphatic rings. The van der Waals surface area contributed by atoms with Crippen LogP contribution in [-0.4, -0.2) is 168 Å². The zero-order valence-electron chi connectivity index (χ0n) is 34.1. The van der Waals surface area contributed by atoms with Gasteiger partial charge in [0.25, 0.3) is 11.8 Å². The first-order chi connectivity index (χ1) is 28.7. The number of anilines is 1. The van der Waals surface area contributed by atoms with E-state index in [2.05, 4.69) is 57.5 Å². The molecule has 2 aromatic carbocycles. The number of hydrogen-bond donors (Lipinski definition) is 3. The molecule has 1 aromatic heterocycles. The quantitative estimate of drug-likeness (QED) is 0.257. The van der Waals surface area contributed by atoms with Crippen LogP contribution in [0.25, 0.3) is 16.6 Å². The van der Waals surface area contributed by atoms with Crippen LogP contribution < -0.4 is 20.3 Å². The van der Waals surface area contributed by atoms with Crippen LogP contribution in [0.4, 0.5) is 5.69 Å². The molecule has 1 atom stereocenters. The summed E-state index contributed by atoms with van der Waals surface area (Å²) in [5.41, 5.74) is 4.42. The number of likely N-dealkylation sites (tertiary alicyclic amines) is 1. The number of imide groups is 2. The molecule has 6 aliphatic heterocycles. The minimum absolute atomic E-state index is 0.105. The number of rotatable bonds is 10. The number of piperidine rings is 2. The number of nitrogens with one attached hydrogen (secondary N) is 3. The van der Waals surface area contributed by atoms with Gasteiger partial charge in [0.15, 0.2) is 0 Å². The number of nitrogens with zero attached hydrogens (tertiary/aromatic N) is 8. The lowest BCUT2D eigenvalue weighted by molar-refractivity contribution is -0.136. The summed E-state index contributed by atoms with van der Waals surface area (Å²) in [6, 6.07) is 10.5. The van der Waals surface area contributed by atoms with Gasteiger partial charge >= 0.3 is 0 Å². The molecule has 0 saturated carbocycles. The van der Waals surface area contributed by atoms with Gasteiger partial charge in [-0.05, 0) is 88.5 Å². The Labute approximate surface area is 344 Å². The Balaban J connectivity index is 0.690. The number of ether oxygens (including phenoxy) is 1. The first kappa shape index (κ1) is 39.2. The number of aliphatic imine (C=N–C) groups is 1. The number of fused-ring (bicyclic) bond motifs is 2. The van der Waals surface area contributed by atoms with Gasteiger partial charge in [0.05, 0.1) is 28.4 Å². The highest BCUT2D eigenvalue weighted by Crippen LogP contribution is 2.32. The molecule has 4 amide bonds. The van der Waals surface area contributed by atoms with E-state index >= 15 is 0 Å². The number of amides is 4. The van der Waals surface area contributed by atoms with Gasteiger partial charge in [0.1, 0.15) is 30.0 Å². The summed E-state index contributed by atoms with van der Waals surface area (Å²) in [6.07, 6.45) is 4.94. The van der Waals surface area contributed by atoms with Crippen LogP contribution in [0.3, 0.4) is 0 Å². The van der Waals surface area contributed by atoms with Crippen molar-refractivity contribution in [1.82, 2.24) is 45.3 Å². The van der Waals surface area contributed by atoms with E-state index in [1.807, 2.05) is 32.0 Å². The number of carbonyl (C=O) groups is 4. The molecule has 4 saturated heterocycles. The summed E-state index contributed by atoms with van der Waals surface area (Å²) in [5, 5.41) is 14.5. The zero-order chi connectivity index (χ0) is 40.6. The van der Waals surface area contributed by atoms with Crippen molar-refractivity contribution in [3.05, 3.63) is 59.3 Å². The van der Waals surface area contributed by atoms with Gasteiger partial charge < -0.3 is 24.8 Å². The molecule has 4 fully saturated rings. The fraction of sp³-hybridized carbons (Fsp3) is 0.535. The molecule has 9 rings (SSSR count). The van der Waals surface area contributed by atoms with Gasteiger partial charge in [-0.25, -0.2) is 4.99 Å². The number of carbonyl (C=O) groups excluding carboxylic acids is 4. The SMILES string of the molecule is CC(C)Oc1ccc2[nH]nc(C3=CC(N4CCN(CCN5CCC(CN6CCN(c7ccc8c(c7)C(=O)N(C7CCC(=O)NC7=O)C8=O)CC6)CC5)CC4)=NCN3)c2c1. The van der Waals surface area contributed by atoms with Gasteiger partial charge in [0, 0.05) is 95.6 Å². The van der Waals surface area contributed by atoms with Crippen LogP contribution in [0.1, 0.15) is 65.9 Å². The van der Waals surface area contributed by atoms with Gasteiger partial charge in [0.2, 0.25) is 11.8 Å². The highest BCUT2D eigenvalue weighted by molar-refractivity contribution is 6.23. The van der Waals surface area contributed by atoms with E-state index in [0.717, 1.165) is 130 Å². The third kappa shape index (κ3) is 8.30. The smallest absolute Gasteiger partial charge is 0.262 e. The molecule has 59 heavy (non-hydrogen) atoms. The molecule has 3 aromatic rings. The molecule has 16 nitrogen and oxygen atoms in total. The van der Waals surface area contributed by atoms with Crippen LogP contribution in [0.15, 0.2) is 47.5 Å². The second-order valence-electron chi connectivity index (χ2n) is 16.9. The molecule has 3 N–H and O–H groups in total. The monoisotopic (exact) mass is 805 g/mol. The second kappa shape index (κ2) is 16.7. The highest BCUT2D eigenvalue weighted by Gasteiger charge is 2.45. The maximum atomic E-state index is 13.3. The number of H-pyrrole nitrogens is 1. The van der Waals surface area contributed by atoms with Gasteiger partial charge in [-0.15, -0.1) is 0 Å². The number of amidine groups is 1. The molecule has 0 bridgehead atoms. The van der Waals surface area contributed by atoms with Crippen LogP contribution in [0.5, 0.6) is 5.75 Å². The lowest BCUT2D eigenvalue weighted by Crippen LogP contribution is -2.54. The fourth-order valence-corrected chi connectivity index (χ4v) is 9.40. The molecule has 16 heteroatoms. The molecule has 0 radical (unpaired) electrons. The molecule has 7 heterocycles. The number of hydrogen-bond acceptors (Lipinski definition) is 13. The average molecular weight is 806 g/mol. The molecule has 1 unspecified atom stereocenters. The van der Waals surface area contributed by atoms with Crippen molar-refractivity contribution in [2.75, 3.05) is 96.7 Å². The number of piperazine rings is 2. The number of aromatic nitrogens is 2. The summed E-state index contributed by atoms with van der Waals surface area (Å²) < 4.78 is 5.95. The molecular formula is C43H55N11O5. The van der Waals surface area contributed by atoms with Crippen molar-refractivity contribution in [3.63, 3.8) is 0 Å². The molecular weight excluding hydrogens is 751 g/mol. The Kier molecular flexibility index (Phi) is 11.1. The summed E-state index contributed by atoms with van der Waals surface area (Å²) in [6.45, 7) is 17.8. The summed E-state index contributed by atoms with van der Waals surface area (Å²) in [5.74, 6) is 0.658. The second-order valence-corrected chi connectivity index (χ2v) is 16.9. The van der Waals surface area contributed by atoms with Gasteiger partial charge in [-0.1, -0.05) is 0 Å². The third-order valence-electron chi connectivity index (χ3n) is 12.8.